The van der Waals surface area contributed by atoms with Gasteiger partial charge >= 0.3 is 0 Å². The van der Waals surface area contributed by atoms with E-state index in [-0.39, 0.29) is 24.5 Å². The molecule has 5 heteroatoms. The van der Waals surface area contributed by atoms with Crippen LogP contribution in [-0.2, 0) is 9.53 Å². The van der Waals surface area contributed by atoms with Crippen molar-refractivity contribution in [2.75, 3.05) is 46.0 Å². The average Bonchev–Trinajstić information content (AvgIpc) is 2.72. The van der Waals surface area contributed by atoms with Crippen molar-refractivity contribution >= 4 is 5.91 Å². The van der Waals surface area contributed by atoms with Crippen LogP contribution in [0.3, 0.4) is 0 Å². The highest BCUT2D eigenvalue weighted by Crippen LogP contribution is 2.20. The molecule has 0 aromatic rings. The van der Waals surface area contributed by atoms with Gasteiger partial charge in [-0.1, -0.05) is 0 Å². The van der Waals surface area contributed by atoms with Crippen LogP contribution in [0.1, 0.15) is 13.3 Å². The van der Waals surface area contributed by atoms with Crippen LogP contribution in [0.4, 0.5) is 0 Å². The summed E-state index contributed by atoms with van der Waals surface area (Å²) in [6, 6.07) is 0.233. The van der Waals surface area contributed by atoms with E-state index in [0.717, 1.165) is 32.8 Å². The van der Waals surface area contributed by atoms with Gasteiger partial charge in [-0.15, -0.1) is 0 Å². The molecule has 2 heterocycles. The first-order chi connectivity index (χ1) is 8.20. The topological polar surface area (TPSA) is 53.0 Å². The molecule has 0 aromatic heterocycles. The van der Waals surface area contributed by atoms with Gasteiger partial charge in [0.1, 0.15) is 0 Å². The molecule has 0 saturated carbocycles. The molecule has 1 N–H and O–H groups in total. The Balaban J connectivity index is 1.82. The van der Waals surface area contributed by atoms with Gasteiger partial charge in [0.15, 0.2) is 0 Å². The maximum Gasteiger partial charge on any atom is 0.223 e. The number of carbonyl (C=O) groups is 1. The Morgan fingerprint density at radius 2 is 2.18 bits per heavy atom. The highest BCUT2D eigenvalue weighted by molar-refractivity contribution is 5.79. The summed E-state index contributed by atoms with van der Waals surface area (Å²) in [7, 11) is 0. The van der Waals surface area contributed by atoms with Crippen LogP contribution in [0, 0.1) is 5.92 Å². The second-order valence-electron chi connectivity index (χ2n) is 5.06. The summed E-state index contributed by atoms with van der Waals surface area (Å²) < 4.78 is 5.31. The van der Waals surface area contributed by atoms with E-state index in [2.05, 4.69) is 11.8 Å². The normalized spacial score (nSPS) is 28.7. The van der Waals surface area contributed by atoms with Gasteiger partial charge in [0.25, 0.3) is 0 Å². The first-order valence-corrected chi connectivity index (χ1v) is 6.41. The standard InChI is InChI=1S/C12H22N2O3/c1-10(7-13-2-4-17-5-3-13)14-8-11(9-15)6-12(14)16/h10-11,15H,2-9H2,1H3. The Hall–Kier alpha value is -0.650. The Bertz CT molecular complexity index is 266. The quantitative estimate of drug-likeness (QED) is 0.725. The van der Waals surface area contributed by atoms with Crippen LogP contribution < -0.4 is 0 Å². The van der Waals surface area contributed by atoms with Gasteiger partial charge in [0, 0.05) is 51.2 Å². The Morgan fingerprint density at radius 3 is 2.76 bits per heavy atom. The fourth-order valence-corrected chi connectivity index (χ4v) is 2.61. The number of hydrogen-bond acceptors (Lipinski definition) is 4. The minimum absolute atomic E-state index is 0.118. The van der Waals surface area contributed by atoms with Crippen molar-refractivity contribution in [3.63, 3.8) is 0 Å². The number of aliphatic hydroxyl groups excluding tert-OH is 1. The monoisotopic (exact) mass is 242 g/mol. The molecule has 5 nitrogen and oxygen atoms in total. The fraction of sp³-hybridized carbons (Fsp3) is 0.917. The number of rotatable bonds is 4. The van der Waals surface area contributed by atoms with Crippen molar-refractivity contribution in [2.45, 2.75) is 19.4 Å². The van der Waals surface area contributed by atoms with E-state index >= 15 is 0 Å². The van der Waals surface area contributed by atoms with Gasteiger partial charge in [0.05, 0.1) is 13.2 Å². The summed E-state index contributed by atoms with van der Waals surface area (Å²) in [5.74, 6) is 0.319. The van der Waals surface area contributed by atoms with Crippen molar-refractivity contribution < 1.29 is 14.6 Å². The number of ether oxygens (including phenoxy) is 1. The summed E-state index contributed by atoms with van der Waals surface area (Å²) in [6.45, 7) is 7.32. The van der Waals surface area contributed by atoms with Crippen molar-refractivity contribution in [3.05, 3.63) is 0 Å². The molecule has 0 bridgehead atoms. The second-order valence-corrected chi connectivity index (χ2v) is 5.06. The third kappa shape index (κ3) is 3.18. The Labute approximate surface area is 102 Å². The molecule has 17 heavy (non-hydrogen) atoms. The molecule has 0 aliphatic carbocycles. The van der Waals surface area contributed by atoms with Gasteiger partial charge in [-0.2, -0.15) is 0 Å². The molecule has 2 saturated heterocycles. The largest absolute Gasteiger partial charge is 0.396 e. The summed E-state index contributed by atoms with van der Waals surface area (Å²) in [5.41, 5.74) is 0. The van der Waals surface area contributed by atoms with E-state index in [1.54, 1.807) is 0 Å². The van der Waals surface area contributed by atoms with Crippen molar-refractivity contribution in [1.82, 2.24) is 9.80 Å². The molecule has 1 amide bonds. The first-order valence-electron chi connectivity index (χ1n) is 6.41. The second kappa shape index (κ2) is 5.80. The van der Waals surface area contributed by atoms with E-state index in [4.69, 9.17) is 9.84 Å². The van der Waals surface area contributed by atoms with Crippen LogP contribution in [0.15, 0.2) is 0 Å². The maximum absolute atomic E-state index is 11.8. The molecule has 2 unspecified atom stereocenters. The molecule has 2 atom stereocenters. The minimum Gasteiger partial charge on any atom is -0.396 e. The molecule has 0 aromatic carbocycles. The van der Waals surface area contributed by atoms with E-state index in [1.807, 2.05) is 4.90 Å². The van der Waals surface area contributed by atoms with Crippen molar-refractivity contribution in [2.24, 2.45) is 5.92 Å². The van der Waals surface area contributed by atoms with Crippen molar-refractivity contribution in [1.29, 1.82) is 0 Å². The van der Waals surface area contributed by atoms with Gasteiger partial charge in [-0.05, 0) is 6.92 Å². The van der Waals surface area contributed by atoms with Crippen LogP contribution in [0.2, 0.25) is 0 Å². The number of nitrogens with zero attached hydrogens (tertiary/aromatic N) is 2. The number of aliphatic hydroxyl groups is 1. The van der Waals surface area contributed by atoms with E-state index in [0.29, 0.717) is 13.0 Å². The molecule has 98 valence electrons. The molecule has 2 fully saturated rings. The zero-order chi connectivity index (χ0) is 12.3. The zero-order valence-electron chi connectivity index (χ0n) is 10.5. The zero-order valence-corrected chi connectivity index (χ0v) is 10.5. The summed E-state index contributed by atoms with van der Waals surface area (Å²) >= 11 is 0. The summed E-state index contributed by atoms with van der Waals surface area (Å²) in [5, 5.41) is 9.10. The van der Waals surface area contributed by atoms with Gasteiger partial charge in [-0.25, -0.2) is 0 Å². The first kappa shape index (κ1) is 12.8. The third-order valence-corrected chi connectivity index (χ3v) is 3.65. The van der Waals surface area contributed by atoms with Gasteiger partial charge in [0.2, 0.25) is 5.91 Å². The lowest BCUT2D eigenvalue weighted by atomic mass is 10.1. The summed E-state index contributed by atoms with van der Waals surface area (Å²) in [4.78, 5) is 16.1. The number of likely N-dealkylation sites (tertiary alicyclic amines) is 1. The lowest BCUT2D eigenvalue weighted by molar-refractivity contribution is -0.129. The number of hydrogen-bond donors (Lipinski definition) is 1. The smallest absolute Gasteiger partial charge is 0.223 e. The maximum atomic E-state index is 11.8. The lowest BCUT2D eigenvalue weighted by Crippen LogP contribution is -2.46. The van der Waals surface area contributed by atoms with Crippen LogP contribution in [0.5, 0.6) is 0 Å². The highest BCUT2D eigenvalue weighted by atomic mass is 16.5. The predicted octanol–water partition coefficient (Wildman–Crippen LogP) is -0.452. The molecule has 2 aliphatic heterocycles. The Morgan fingerprint density at radius 1 is 1.47 bits per heavy atom. The number of carbonyl (C=O) groups excluding carboxylic acids is 1. The minimum atomic E-state index is 0.118. The predicted molar refractivity (Wildman–Crippen MR) is 63.6 cm³/mol. The molecular weight excluding hydrogens is 220 g/mol. The number of morpholine rings is 1. The summed E-state index contributed by atoms with van der Waals surface area (Å²) in [6.07, 6.45) is 0.504. The SMILES string of the molecule is CC(CN1CCOCC1)N1CC(CO)CC1=O. The molecule has 0 radical (unpaired) electrons. The van der Waals surface area contributed by atoms with Crippen LogP contribution >= 0.6 is 0 Å². The van der Waals surface area contributed by atoms with E-state index < -0.39 is 0 Å². The molecular formula is C12H22N2O3. The van der Waals surface area contributed by atoms with Crippen LogP contribution in [0.25, 0.3) is 0 Å². The highest BCUT2D eigenvalue weighted by Gasteiger charge is 2.32. The molecule has 0 spiro atoms. The van der Waals surface area contributed by atoms with Gasteiger partial charge in [-0.3, -0.25) is 9.69 Å². The van der Waals surface area contributed by atoms with E-state index in [1.165, 1.54) is 0 Å². The lowest BCUT2D eigenvalue weighted by Gasteiger charge is -2.33. The third-order valence-electron chi connectivity index (χ3n) is 3.65. The molecule has 2 rings (SSSR count). The van der Waals surface area contributed by atoms with E-state index in [9.17, 15) is 4.79 Å². The average molecular weight is 242 g/mol. The fourth-order valence-electron chi connectivity index (χ4n) is 2.61. The Kier molecular flexibility index (Phi) is 4.36. The molecule has 2 aliphatic rings. The van der Waals surface area contributed by atoms with Gasteiger partial charge < -0.3 is 14.7 Å². The van der Waals surface area contributed by atoms with Crippen molar-refractivity contribution in [3.8, 4) is 0 Å². The number of amides is 1. The van der Waals surface area contributed by atoms with Crippen LogP contribution in [-0.4, -0.2) is 72.9 Å².